The van der Waals surface area contributed by atoms with Crippen LogP contribution in [0.1, 0.15) is 33.2 Å². The van der Waals surface area contributed by atoms with Gasteiger partial charge in [0, 0.05) is 5.56 Å². The van der Waals surface area contributed by atoms with E-state index in [0.717, 1.165) is 5.56 Å². The molecule has 1 heterocycles. The number of nitrogens with two attached hydrogens (primary N) is 1. The first-order valence-electron chi connectivity index (χ1n) is 9.50. The van der Waals surface area contributed by atoms with Crippen LogP contribution in [-0.4, -0.2) is 33.7 Å². The Morgan fingerprint density at radius 2 is 1.67 bits per heavy atom. The van der Waals surface area contributed by atoms with Crippen LogP contribution in [0.15, 0.2) is 41.2 Å². The van der Waals surface area contributed by atoms with E-state index in [9.17, 15) is 24.6 Å². The molecule has 3 rings (SSSR count). The van der Waals surface area contributed by atoms with Crippen molar-refractivity contribution >= 4 is 41.0 Å². The summed E-state index contributed by atoms with van der Waals surface area (Å²) in [4.78, 5) is 37.9. The molecule has 0 unspecified atom stereocenters. The number of nitrogens with one attached hydrogen (secondary N) is 1. The third-order valence-corrected chi connectivity index (χ3v) is 5.32. The zero-order valence-corrected chi connectivity index (χ0v) is 18.7. The summed E-state index contributed by atoms with van der Waals surface area (Å²) in [6.07, 6.45) is 0. The first-order chi connectivity index (χ1) is 15.6. The number of carboxylic acid groups (broad SMARTS) is 2. The fourth-order valence-electron chi connectivity index (χ4n) is 3.18. The molecule has 5 N–H and O–H groups in total. The lowest BCUT2D eigenvalue weighted by Crippen LogP contribution is -2.24. The van der Waals surface area contributed by atoms with Crippen molar-refractivity contribution in [3.05, 3.63) is 73.5 Å². The highest BCUT2D eigenvalue weighted by atomic mass is 35.5. The van der Waals surface area contributed by atoms with Gasteiger partial charge in [0.05, 0.1) is 16.7 Å². The standard InChI is InChI=1S/C22H18Cl2N2O7/c1-2-32-15-8-11(4-6-14(15)33-9-10-3-5-12(23)13(24)7-10)16-17(21(28)29)19(25)26-20(27)18(16)22(30)31/h3-8H,2,9H2,1H3,(H,28,29)(H,30,31)(H3,25,26,27). The Balaban J connectivity index is 2.10. The molecule has 0 aliphatic rings. The van der Waals surface area contributed by atoms with E-state index in [0.29, 0.717) is 15.8 Å². The van der Waals surface area contributed by atoms with Crippen molar-refractivity contribution in [1.82, 2.24) is 4.98 Å². The highest BCUT2D eigenvalue weighted by molar-refractivity contribution is 6.42. The Labute approximate surface area is 197 Å². The molecule has 0 atom stereocenters. The van der Waals surface area contributed by atoms with Gasteiger partial charge in [0.25, 0.3) is 5.56 Å². The Morgan fingerprint density at radius 1 is 0.970 bits per heavy atom. The fourth-order valence-corrected chi connectivity index (χ4v) is 3.50. The minimum Gasteiger partial charge on any atom is -0.490 e. The Hall–Kier alpha value is -3.69. The van der Waals surface area contributed by atoms with Crippen molar-refractivity contribution in [3.8, 4) is 22.6 Å². The second kappa shape index (κ2) is 9.85. The number of rotatable bonds is 8. The van der Waals surface area contributed by atoms with Crippen molar-refractivity contribution in [2.45, 2.75) is 13.5 Å². The number of anilines is 1. The molecule has 9 nitrogen and oxygen atoms in total. The third-order valence-electron chi connectivity index (χ3n) is 4.58. The molecular weight excluding hydrogens is 475 g/mol. The minimum atomic E-state index is -1.60. The van der Waals surface area contributed by atoms with Gasteiger partial charge in [-0.05, 0) is 42.3 Å². The maximum absolute atomic E-state index is 12.3. The molecule has 0 saturated carbocycles. The summed E-state index contributed by atoms with van der Waals surface area (Å²) in [6.45, 7) is 2.09. The number of nitrogen functional groups attached to an aromatic ring is 1. The van der Waals surface area contributed by atoms with Crippen LogP contribution < -0.4 is 20.8 Å². The number of carbonyl (C=O) groups is 2. The van der Waals surface area contributed by atoms with E-state index in [1.165, 1.54) is 18.2 Å². The zero-order valence-electron chi connectivity index (χ0n) is 17.1. The predicted molar refractivity (Wildman–Crippen MR) is 123 cm³/mol. The van der Waals surface area contributed by atoms with Gasteiger partial charge in [0.1, 0.15) is 23.6 Å². The van der Waals surface area contributed by atoms with Crippen LogP contribution in [0.3, 0.4) is 0 Å². The van der Waals surface area contributed by atoms with Gasteiger partial charge in [-0.1, -0.05) is 35.3 Å². The lowest BCUT2D eigenvalue weighted by Gasteiger charge is -2.16. The first kappa shape index (κ1) is 24.0. The number of aromatic carboxylic acids is 2. The van der Waals surface area contributed by atoms with Gasteiger partial charge in [-0.2, -0.15) is 0 Å². The number of hydrogen-bond donors (Lipinski definition) is 4. The molecule has 0 amide bonds. The monoisotopic (exact) mass is 492 g/mol. The van der Waals surface area contributed by atoms with E-state index in [-0.39, 0.29) is 30.1 Å². The van der Waals surface area contributed by atoms with Crippen LogP contribution in [0.25, 0.3) is 11.1 Å². The molecule has 0 aliphatic carbocycles. The van der Waals surface area contributed by atoms with Crippen LogP contribution in [0.5, 0.6) is 11.5 Å². The number of ether oxygens (including phenoxy) is 2. The zero-order chi connectivity index (χ0) is 24.3. The lowest BCUT2D eigenvalue weighted by atomic mass is 9.95. The number of halogens is 2. The quantitative estimate of drug-likeness (QED) is 0.362. The number of hydrogen-bond acceptors (Lipinski definition) is 6. The van der Waals surface area contributed by atoms with Gasteiger partial charge in [-0.25, -0.2) is 9.59 Å². The van der Waals surface area contributed by atoms with Gasteiger partial charge in [0.15, 0.2) is 11.5 Å². The number of aromatic amines is 1. The molecule has 2 aromatic carbocycles. The summed E-state index contributed by atoms with van der Waals surface area (Å²) in [7, 11) is 0. The molecule has 0 fully saturated rings. The van der Waals surface area contributed by atoms with Gasteiger partial charge in [-0.15, -0.1) is 0 Å². The molecule has 0 aliphatic heterocycles. The SMILES string of the molecule is CCOc1cc(-c2c(C(=O)O)c(N)[nH]c(=O)c2C(=O)O)ccc1OCc1ccc(Cl)c(Cl)c1. The summed E-state index contributed by atoms with van der Waals surface area (Å²) in [5.41, 5.74) is 3.86. The molecular formula is C22H18Cl2N2O7. The Kier molecular flexibility index (Phi) is 7.15. The number of pyridine rings is 1. The molecule has 0 radical (unpaired) electrons. The first-order valence-corrected chi connectivity index (χ1v) is 10.3. The van der Waals surface area contributed by atoms with Crippen LogP contribution in [0.2, 0.25) is 10.0 Å². The van der Waals surface area contributed by atoms with Crippen LogP contribution >= 0.6 is 23.2 Å². The van der Waals surface area contributed by atoms with Crippen molar-refractivity contribution in [1.29, 1.82) is 0 Å². The molecule has 0 saturated heterocycles. The summed E-state index contributed by atoms with van der Waals surface area (Å²) in [5.74, 6) is -3.06. The van der Waals surface area contributed by atoms with Crippen molar-refractivity contribution in [3.63, 3.8) is 0 Å². The number of benzene rings is 2. The smallest absolute Gasteiger partial charge is 0.342 e. The number of aromatic nitrogens is 1. The molecule has 1 aromatic heterocycles. The highest BCUT2D eigenvalue weighted by Gasteiger charge is 2.27. The minimum absolute atomic E-state index is 0.105. The molecule has 11 heteroatoms. The van der Waals surface area contributed by atoms with Crippen LogP contribution in [-0.2, 0) is 6.61 Å². The molecule has 33 heavy (non-hydrogen) atoms. The van der Waals surface area contributed by atoms with E-state index in [2.05, 4.69) is 4.98 Å². The van der Waals surface area contributed by atoms with Gasteiger partial charge in [0.2, 0.25) is 0 Å². The number of carboxylic acids is 2. The predicted octanol–water partition coefficient (Wildman–Crippen LogP) is 4.31. The topological polar surface area (TPSA) is 152 Å². The Morgan fingerprint density at radius 3 is 2.27 bits per heavy atom. The van der Waals surface area contributed by atoms with Gasteiger partial charge < -0.3 is 30.4 Å². The summed E-state index contributed by atoms with van der Waals surface area (Å²) >= 11 is 11.9. The maximum Gasteiger partial charge on any atom is 0.342 e. The van der Waals surface area contributed by atoms with E-state index < -0.39 is 34.4 Å². The fraction of sp³-hybridized carbons (Fsp3) is 0.136. The largest absolute Gasteiger partial charge is 0.490 e. The van der Waals surface area contributed by atoms with Crippen LogP contribution in [0.4, 0.5) is 5.82 Å². The summed E-state index contributed by atoms with van der Waals surface area (Å²) in [6, 6.07) is 9.30. The molecule has 3 aromatic rings. The van der Waals surface area contributed by atoms with Crippen molar-refractivity contribution < 1.29 is 29.3 Å². The van der Waals surface area contributed by atoms with Gasteiger partial charge in [-0.3, -0.25) is 4.79 Å². The maximum atomic E-state index is 12.3. The van der Waals surface area contributed by atoms with E-state index in [4.69, 9.17) is 38.4 Å². The van der Waals surface area contributed by atoms with Crippen LogP contribution in [0, 0.1) is 0 Å². The average molecular weight is 493 g/mol. The average Bonchev–Trinajstić information content (AvgIpc) is 2.74. The van der Waals surface area contributed by atoms with Crippen molar-refractivity contribution in [2.24, 2.45) is 0 Å². The third kappa shape index (κ3) is 5.05. The number of H-pyrrole nitrogens is 1. The highest BCUT2D eigenvalue weighted by Crippen LogP contribution is 2.37. The van der Waals surface area contributed by atoms with E-state index in [1.807, 2.05) is 0 Å². The normalized spacial score (nSPS) is 10.6. The van der Waals surface area contributed by atoms with E-state index in [1.54, 1.807) is 25.1 Å². The second-order valence-corrected chi connectivity index (χ2v) is 7.55. The molecule has 172 valence electrons. The summed E-state index contributed by atoms with van der Waals surface area (Å²) < 4.78 is 11.4. The van der Waals surface area contributed by atoms with Gasteiger partial charge >= 0.3 is 11.9 Å². The van der Waals surface area contributed by atoms with Crippen molar-refractivity contribution in [2.75, 3.05) is 12.3 Å². The lowest BCUT2D eigenvalue weighted by molar-refractivity contribution is 0.0695. The molecule has 0 spiro atoms. The molecule has 0 bridgehead atoms. The Bertz CT molecular complexity index is 1300. The second-order valence-electron chi connectivity index (χ2n) is 6.73. The summed E-state index contributed by atoms with van der Waals surface area (Å²) in [5, 5.41) is 19.9. The van der Waals surface area contributed by atoms with E-state index >= 15 is 0 Å².